The minimum absolute atomic E-state index is 0.286. The van der Waals surface area contributed by atoms with Crippen LogP contribution in [0.2, 0.25) is 0 Å². The quantitative estimate of drug-likeness (QED) is 0.265. The molecule has 3 N–H and O–H groups in total. The van der Waals surface area contributed by atoms with Crippen molar-refractivity contribution in [3.63, 3.8) is 0 Å². The summed E-state index contributed by atoms with van der Waals surface area (Å²) in [6.45, 7) is 9.37. The number of hydrogen-bond acceptors (Lipinski definition) is 5. The zero-order chi connectivity index (χ0) is 27.1. The van der Waals surface area contributed by atoms with Crippen molar-refractivity contribution in [3.05, 3.63) is 35.4 Å². The van der Waals surface area contributed by atoms with Gasteiger partial charge in [-0.15, -0.1) is 6.42 Å². The number of terminal acetylenes is 1. The highest BCUT2D eigenvalue weighted by Crippen LogP contribution is 2.24. The third kappa shape index (κ3) is 10.7. The summed E-state index contributed by atoms with van der Waals surface area (Å²) >= 11 is 0. The summed E-state index contributed by atoms with van der Waals surface area (Å²) in [6, 6.07) is 4.72. The first-order valence-corrected chi connectivity index (χ1v) is 12.8. The molecule has 3 amide bonds. The topological polar surface area (TPSA) is 108 Å². The van der Waals surface area contributed by atoms with E-state index in [0.29, 0.717) is 24.1 Å². The molecule has 8 heteroatoms. The van der Waals surface area contributed by atoms with Gasteiger partial charge >= 0.3 is 6.09 Å². The van der Waals surface area contributed by atoms with Crippen LogP contribution in [0.5, 0.6) is 0 Å². The van der Waals surface area contributed by atoms with Gasteiger partial charge in [0.25, 0.3) is 0 Å². The van der Waals surface area contributed by atoms with Gasteiger partial charge in [0.2, 0.25) is 11.8 Å². The van der Waals surface area contributed by atoms with Crippen LogP contribution in [0.1, 0.15) is 90.3 Å². The number of nitrogens with one attached hydrogen (secondary N) is 2. The molecular weight excluding hydrogens is 458 g/mol. The minimum atomic E-state index is -1.26. The molecule has 1 rings (SSSR count). The van der Waals surface area contributed by atoms with Crippen LogP contribution < -0.4 is 10.6 Å². The molecular formula is C28H43N3O5. The molecule has 0 bridgehead atoms. The Kier molecular flexibility index (Phi) is 13.6. The van der Waals surface area contributed by atoms with Crippen LogP contribution >= 0.6 is 0 Å². The number of carbonyl (C=O) groups is 3. The largest absolute Gasteiger partial charge is 0.444 e. The number of ether oxygens (including phenoxy) is 1. The summed E-state index contributed by atoms with van der Waals surface area (Å²) in [5.41, 5.74) is 0.485. The van der Waals surface area contributed by atoms with E-state index in [1.807, 2.05) is 6.92 Å². The van der Waals surface area contributed by atoms with Crippen molar-refractivity contribution < 1.29 is 24.2 Å². The molecule has 200 valence electrons. The predicted molar refractivity (Wildman–Crippen MR) is 141 cm³/mol. The Balaban J connectivity index is 3.35. The zero-order valence-corrected chi connectivity index (χ0v) is 22.4. The fourth-order valence-electron chi connectivity index (χ4n) is 3.63. The van der Waals surface area contributed by atoms with Gasteiger partial charge in [0, 0.05) is 18.7 Å². The molecule has 0 aliphatic carbocycles. The Morgan fingerprint density at radius 3 is 2.22 bits per heavy atom. The van der Waals surface area contributed by atoms with E-state index in [9.17, 15) is 19.5 Å². The number of rotatable bonds is 14. The number of unbranched alkanes of at least 4 members (excludes halogenated alkanes) is 4. The highest BCUT2D eigenvalue weighted by Gasteiger charge is 2.35. The number of nitrogens with zero attached hydrogens (tertiary/aromatic N) is 1. The maximum absolute atomic E-state index is 13.7. The first-order valence-electron chi connectivity index (χ1n) is 12.8. The van der Waals surface area contributed by atoms with Crippen molar-refractivity contribution in [2.24, 2.45) is 0 Å². The summed E-state index contributed by atoms with van der Waals surface area (Å²) in [6.07, 6.45) is 9.95. The lowest BCUT2D eigenvalue weighted by Crippen LogP contribution is -2.54. The van der Waals surface area contributed by atoms with Crippen LogP contribution in [0.3, 0.4) is 0 Å². The van der Waals surface area contributed by atoms with E-state index >= 15 is 0 Å². The first kappa shape index (κ1) is 31.0. The molecule has 2 unspecified atom stereocenters. The molecule has 1 aromatic carbocycles. The van der Waals surface area contributed by atoms with Gasteiger partial charge in [0.05, 0.1) is 6.61 Å². The van der Waals surface area contributed by atoms with Crippen molar-refractivity contribution in [3.8, 4) is 12.3 Å². The third-order valence-corrected chi connectivity index (χ3v) is 5.49. The highest BCUT2D eigenvalue weighted by atomic mass is 16.6. The molecule has 36 heavy (non-hydrogen) atoms. The van der Waals surface area contributed by atoms with Gasteiger partial charge < -0.3 is 25.4 Å². The predicted octanol–water partition coefficient (Wildman–Crippen LogP) is 3.92. The van der Waals surface area contributed by atoms with E-state index in [1.165, 1.54) is 4.90 Å². The smallest absolute Gasteiger partial charge is 0.408 e. The Bertz CT molecular complexity index is 871. The van der Waals surface area contributed by atoms with E-state index in [1.54, 1.807) is 45.0 Å². The van der Waals surface area contributed by atoms with Gasteiger partial charge in [-0.1, -0.05) is 57.6 Å². The Hall–Kier alpha value is -3.05. The SMILES string of the molecule is C#Cc1ccc(C(C(=O)NCCCC)N(CCCCCC)C(=O)C(CO)NC(=O)OC(C)(C)C)cc1. The van der Waals surface area contributed by atoms with Crippen LogP contribution in [-0.4, -0.2) is 59.3 Å². The standard InChI is InChI=1S/C28H43N3O5/c1-7-10-12-13-19-31(26(34)23(20-32)30-27(35)36-28(4,5)6)24(25(33)29-18-11-8-2)22-16-14-21(9-3)15-17-22/h3,14-17,23-24,32H,7-8,10-13,18-20H2,1-2,4-6H3,(H,29,33)(H,30,35). The molecule has 0 saturated heterocycles. The van der Waals surface area contributed by atoms with Crippen molar-refractivity contribution in [1.29, 1.82) is 0 Å². The molecule has 0 fully saturated rings. The number of aliphatic hydroxyl groups is 1. The fraction of sp³-hybridized carbons (Fsp3) is 0.607. The Morgan fingerprint density at radius 1 is 1.06 bits per heavy atom. The molecule has 2 atom stereocenters. The average Bonchev–Trinajstić information content (AvgIpc) is 2.83. The minimum Gasteiger partial charge on any atom is -0.444 e. The van der Waals surface area contributed by atoms with Gasteiger partial charge in [-0.05, 0) is 51.3 Å². The van der Waals surface area contributed by atoms with Crippen LogP contribution in [0.25, 0.3) is 0 Å². The van der Waals surface area contributed by atoms with Crippen LogP contribution in [0.15, 0.2) is 24.3 Å². The van der Waals surface area contributed by atoms with E-state index < -0.39 is 36.3 Å². The van der Waals surface area contributed by atoms with Crippen LogP contribution in [-0.2, 0) is 14.3 Å². The van der Waals surface area contributed by atoms with Gasteiger partial charge in [-0.3, -0.25) is 9.59 Å². The van der Waals surface area contributed by atoms with Crippen molar-refractivity contribution in [2.45, 2.75) is 90.8 Å². The van der Waals surface area contributed by atoms with Gasteiger partial charge in [-0.2, -0.15) is 0 Å². The molecule has 0 radical (unpaired) electrons. The van der Waals surface area contributed by atoms with Crippen molar-refractivity contribution in [1.82, 2.24) is 15.5 Å². The van der Waals surface area contributed by atoms with Crippen molar-refractivity contribution >= 4 is 17.9 Å². The fourth-order valence-corrected chi connectivity index (χ4v) is 3.63. The maximum Gasteiger partial charge on any atom is 0.408 e. The molecule has 0 saturated carbocycles. The van der Waals surface area contributed by atoms with Gasteiger partial charge in [0.1, 0.15) is 17.7 Å². The molecule has 0 heterocycles. The number of aliphatic hydroxyl groups excluding tert-OH is 1. The number of hydrogen-bond donors (Lipinski definition) is 3. The third-order valence-electron chi connectivity index (χ3n) is 5.49. The summed E-state index contributed by atoms with van der Waals surface area (Å²) in [4.78, 5) is 40.9. The summed E-state index contributed by atoms with van der Waals surface area (Å²) < 4.78 is 5.27. The van der Waals surface area contributed by atoms with E-state index in [2.05, 4.69) is 23.5 Å². The van der Waals surface area contributed by atoms with Gasteiger partial charge in [0.15, 0.2) is 0 Å². The number of alkyl carbamates (subject to hydrolysis) is 1. The second-order valence-electron chi connectivity index (χ2n) is 9.79. The summed E-state index contributed by atoms with van der Waals surface area (Å²) in [5, 5.41) is 15.4. The molecule has 1 aromatic rings. The highest BCUT2D eigenvalue weighted by molar-refractivity contribution is 5.92. The Labute approximate surface area is 216 Å². The second kappa shape index (κ2) is 15.8. The molecule has 8 nitrogen and oxygen atoms in total. The molecule has 0 spiro atoms. The first-order chi connectivity index (χ1) is 17.1. The molecule has 0 aliphatic rings. The van der Waals surface area contributed by atoms with Gasteiger partial charge in [-0.25, -0.2) is 4.79 Å². The number of benzene rings is 1. The summed E-state index contributed by atoms with van der Waals surface area (Å²) in [5.74, 6) is 1.67. The Morgan fingerprint density at radius 2 is 1.69 bits per heavy atom. The van der Waals surface area contributed by atoms with E-state index in [0.717, 1.165) is 32.1 Å². The number of carbonyl (C=O) groups excluding carboxylic acids is 3. The summed E-state index contributed by atoms with van der Waals surface area (Å²) in [7, 11) is 0. The lowest BCUT2D eigenvalue weighted by atomic mass is 10.0. The van der Waals surface area contributed by atoms with Crippen LogP contribution in [0, 0.1) is 12.3 Å². The lowest BCUT2D eigenvalue weighted by Gasteiger charge is -2.34. The second-order valence-corrected chi connectivity index (χ2v) is 9.79. The maximum atomic E-state index is 13.7. The average molecular weight is 502 g/mol. The lowest BCUT2D eigenvalue weighted by molar-refractivity contribution is -0.143. The van der Waals surface area contributed by atoms with E-state index in [-0.39, 0.29) is 12.5 Å². The number of amides is 3. The molecule has 0 aromatic heterocycles. The monoisotopic (exact) mass is 501 g/mol. The van der Waals surface area contributed by atoms with Crippen molar-refractivity contribution in [2.75, 3.05) is 19.7 Å². The van der Waals surface area contributed by atoms with Crippen LogP contribution in [0.4, 0.5) is 4.79 Å². The van der Waals surface area contributed by atoms with E-state index in [4.69, 9.17) is 11.2 Å². The molecule has 0 aliphatic heterocycles. The normalized spacial score (nSPS) is 12.7. The zero-order valence-electron chi connectivity index (χ0n) is 22.4.